The van der Waals surface area contributed by atoms with E-state index >= 15 is 0 Å². The molecule has 0 saturated heterocycles. The summed E-state index contributed by atoms with van der Waals surface area (Å²) in [6, 6.07) is 0. The van der Waals surface area contributed by atoms with Crippen molar-refractivity contribution in [1.29, 1.82) is 0 Å². The second kappa shape index (κ2) is 6.00. The molecular weight excluding hydrogens is 180 g/mol. The molecule has 0 spiro atoms. The monoisotopic (exact) mass is 193 g/mol. The van der Waals surface area contributed by atoms with Crippen LogP contribution in [-0.2, 0) is 0 Å². The maximum absolute atomic E-state index is 3.50. The lowest BCUT2D eigenvalue weighted by atomic mass is 11.9. The van der Waals surface area contributed by atoms with Gasteiger partial charge in [0.15, 0.2) is 18.7 Å². The highest BCUT2D eigenvalue weighted by molar-refractivity contribution is 7.88. The Kier molecular flexibility index (Phi) is 6.83. The lowest BCUT2D eigenvalue weighted by Gasteiger charge is -2.06. The van der Waals surface area contributed by atoms with Crippen molar-refractivity contribution >= 4 is 33.6 Å². The minimum Gasteiger partial charge on any atom is -0.355 e. The van der Waals surface area contributed by atoms with Crippen molar-refractivity contribution in [2.75, 3.05) is 26.7 Å². The molecule has 1 N–H and O–H groups in total. The highest BCUT2D eigenvalue weighted by Gasteiger charge is 1.97. The SMILES string of the molecule is CP(C)[Si]N[Si]P(C)C. The molecule has 52 valence electrons. The molecule has 4 radical (unpaired) electrons. The van der Waals surface area contributed by atoms with Crippen LogP contribution < -0.4 is 4.65 Å². The van der Waals surface area contributed by atoms with E-state index in [2.05, 4.69) is 31.3 Å². The zero-order valence-electron chi connectivity index (χ0n) is 6.39. The molecule has 0 aromatic carbocycles. The van der Waals surface area contributed by atoms with Gasteiger partial charge in [0.2, 0.25) is 0 Å². The lowest BCUT2D eigenvalue weighted by Crippen LogP contribution is -2.20. The molecule has 0 rings (SSSR count). The summed E-state index contributed by atoms with van der Waals surface area (Å²) in [6.45, 7) is 9.27. The third-order valence-corrected chi connectivity index (χ3v) is 7.04. The van der Waals surface area contributed by atoms with E-state index in [1.54, 1.807) is 0 Å². The van der Waals surface area contributed by atoms with Gasteiger partial charge in [-0.05, 0) is 26.7 Å². The summed E-state index contributed by atoms with van der Waals surface area (Å²) in [5.74, 6) is 0. The van der Waals surface area contributed by atoms with Gasteiger partial charge in [-0.1, -0.05) is 0 Å². The third kappa shape index (κ3) is 9.25. The molecule has 0 amide bonds. The zero-order chi connectivity index (χ0) is 7.28. The Labute approximate surface area is 65.4 Å². The number of nitrogens with one attached hydrogen (secondary N) is 1. The normalized spacial score (nSPS) is 11.3. The van der Waals surface area contributed by atoms with Crippen molar-refractivity contribution in [3.63, 3.8) is 0 Å². The average Bonchev–Trinajstić information content (AvgIpc) is 1.63. The summed E-state index contributed by atoms with van der Waals surface area (Å²) in [6.07, 6.45) is 0. The molecule has 0 aliphatic rings. The van der Waals surface area contributed by atoms with Crippen LogP contribution in [0, 0.1) is 0 Å². The number of hydrogen-bond acceptors (Lipinski definition) is 1. The van der Waals surface area contributed by atoms with Crippen LogP contribution in [0.15, 0.2) is 0 Å². The summed E-state index contributed by atoms with van der Waals surface area (Å²) in [5.41, 5.74) is 0. The first-order valence-electron chi connectivity index (χ1n) is 2.74. The van der Waals surface area contributed by atoms with E-state index < -0.39 is 0 Å². The Morgan fingerprint density at radius 1 is 0.889 bits per heavy atom. The third-order valence-electron chi connectivity index (χ3n) is 0.559. The minimum absolute atomic E-state index is 0.303. The summed E-state index contributed by atoms with van der Waals surface area (Å²) in [4.78, 5) is 0. The van der Waals surface area contributed by atoms with Crippen LogP contribution in [0.2, 0.25) is 0 Å². The Morgan fingerprint density at radius 3 is 1.44 bits per heavy atom. The molecule has 0 aromatic heterocycles. The highest BCUT2D eigenvalue weighted by Crippen LogP contribution is 2.22. The second-order valence-corrected chi connectivity index (χ2v) is 13.9. The van der Waals surface area contributed by atoms with Crippen molar-refractivity contribution in [3.05, 3.63) is 0 Å². The van der Waals surface area contributed by atoms with Crippen LogP contribution in [0.3, 0.4) is 0 Å². The smallest absolute Gasteiger partial charge is 0.166 e. The molecule has 0 heterocycles. The molecule has 1 nitrogen and oxygen atoms in total. The Bertz CT molecular complexity index is 61.6. The van der Waals surface area contributed by atoms with Crippen molar-refractivity contribution in [2.24, 2.45) is 0 Å². The summed E-state index contributed by atoms with van der Waals surface area (Å²) in [7, 11) is 2.66. The van der Waals surface area contributed by atoms with Gasteiger partial charge in [-0.2, -0.15) is 0 Å². The van der Waals surface area contributed by atoms with E-state index in [-0.39, 0.29) is 0 Å². The van der Waals surface area contributed by atoms with E-state index in [1.807, 2.05) is 0 Å². The van der Waals surface area contributed by atoms with Crippen LogP contribution in [0.1, 0.15) is 0 Å². The summed E-state index contributed by atoms with van der Waals surface area (Å²) < 4.78 is 3.50. The second-order valence-electron chi connectivity index (χ2n) is 2.14. The van der Waals surface area contributed by atoms with Crippen molar-refractivity contribution in [2.45, 2.75) is 0 Å². The topological polar surface area (TPSA) is 12.0 Å². The van der Waals surface area contributed by atoms with Gasteiger partial charge in [0.05, 0.1) is 0 Å². The van der Waals surface area contributed by atoms with Gasteiger partial charge in [0.1, 0.15) is 0 Å². The van der Waals surface area contributed by atoms with E-state index in [0.29, 0.717) is 14.9 Å². The van der Waals surface area contributed by atoms with Crippen LogP contribution in [0.5, 0.6) is 0 Å². The average molecular weight is 193 g/mol. The van der Waals surface area contributed by atoms with E-state index in [0.717, 1.165) is 18.7 Å². The minimum atomic E-state index is 0.303. The summed E-state index contributed by atoms with van der Waals surface area (Å²) >= 11 is 0. The highest BCUT2D eigenvalue weighted by atomic mass is 31.4. The van der Waals surface area contributed by atoms with Crippen molar-refractivity contribution < 1.29 is 0 Å². The van der Waals surface area contributed by atoms with Gasteiger partial charge in [0.25, 0.3) is 0 Å². The van der Waals surface area contributed by atoms with Gasteiger partial charge in [-0.15, -0.1) is 14.9 Å². The Morgan fingerprint density at radius 2 is 1.22 bits per heavy atom. The molecule has 0 aliphatic heterocycles. The largest absolute Gasteiger partial charge is 0.355 e. The fraction of sp³-hybridized carbons (Fsp3) is 1.00. The van der Waals surface area contributed by atoms with Crippen LogP contribution in [0.25, 0.3) is 0 Å². The zero-order valence-corrected chi connectivity index (χ0v) is 10.2. The van der Waals surface area contributed by atoms with Crippen LogP contribution in [-0.4, -0.2) is 45.4 Å². The molecule has 0 unspecified atom stereocenters. The van der Waals surface area contributed by atoms with E-state index in [9.17, 15) is 0 Å². The molecule has 9 heavy (non-hydrogen) atoms. The fourth-order valence-corrected chi connectivity index (χ4v) is 8.06. The van der Waals surface area contributed by atoms with Gasteiger partial charge in [-0.25, -0.2) is 0 Å². The van der Waals surface area contributed by atoms with E-state index in [4.69, 9.17) is 0 Å². The molecular formula is C4H13NP2Si2. The molecule has 0 atom stereocenters. The lowest BCUT2D eigenvalue weighted by molar-refractivity contribution is 1.65. The molecule has 0 aromatic rings. The fourth-order valence-electron chi connectivity index (χ4n) is 0.249. The Balaban J connectivity index is 2.91. The maximum atomic E-state index is 3.50. The van der Waals surface area contributed by atoms with Gasteiger partial charge in [0, 0.05) is 0 Å². The van der Waals surface area contributed by atoms with Gasteiger partial charge >= 0.3 is 0 Å². The quantitative estimate of drug-likeness (QED) is 0.521. The molecule has 0 aliphatic carbocycles. The number of hydrogen-bond donors (Lipinski definition) is 1. The molecule has 0 fully saturated rings. The molecule has 5 heteroatoms. The first-order valence-corrected chi connectivity index (χ1v) is 10.9. The predicted octanol–water partition coefficient (Wildman–Crippen LogP) is 1.13. The predicted molar refractivity (Wildman–Crippen MR) is 52.2 cm³/mol. The van der Waals surface area contributed by atoms with Crippen molar-refractivity contribution in [1.82, 2.24) is 4.65 Å². The van der Waals surface area contributed by atoms with E-state index in [1.165, 1.54) is 0 Å². The summed E-state index contributed by atoms with van der Waals surface area (Å²) in [5, 5.41) is 0. The first kappa shape index (κ1) is 10.3. The molecule has 0 saturated carbocycles. The molecule has 0 bridgehead atoms. The first-order chi connectivity index (χ1) is 4.13. The van der Waals surface area contributed by atoms with Crippen molar-refractivity contribution in [3.8, 4) is 0 Å². The number of rotatable bonds is 4. The standard InChI is InChI=1S/C4H13NP2Si2/c1-6(2)8-5-9-7(3)4/h5H,1-4H3. The Hall–Kier alpha value is 1.25. The van der Waals surface area contributed by atoms with Crippen LogP contribution >= 0.6 is 14.9 Å². The van der Waals surface area contributed by atoms with Gasteiger partial charge < -0.3 is 4.65 Å². The maximum Gasteiger partial charge on any atom is 0.166 e. The van der Waals surface area contributed by atoms with Gasteiger partial charge in [-0.3, -0.25) is 0 Å². The van der Waals surface area contributed by atoms with Crippen LogP contribution in [0.4, 0.5) is 0 Å².